The lowest BCUT2D eigenvalue weighted by Crippen LogP contribution is -2.25. The van der Waals surface area contributed by atoms with E-state index in [-0.39, 0.29) is 12.1 Å². The molecule has 0 saturated heterocycles. The van der Waals surface area contributed by atoms with Crippen LogP contribution in [0.25, 0.3) is 11.1 Å². The fourth-order valence-corrected chi connectivity index (χ4v) is 2.62. The Hall–Kier alpha value is -2.58. The van der Waals surface area contributed by atoms with Crippen LogP contribution in [0.2, 0.25) is 0 Å². The van der Waals surface area contributed by atoms with E-state index in [1.54, 1.807) is 7.11 Å². The quantitative estimate of drug-likeness (QED) is 0.728. The number of methoxy groups -OCH3 is 1. The maximum absolute atomic E-state index is 10.6. The van der Waals surface area contributed by atoms with Crippen LogP contribution in [-0.2, 0) is 9.53 Å². The maximum Gasteiger partial charge on any atom is 0.490 e. The summed E-state index contributed by atoms with van der Waals surface area (Å²) in [6.07, 6.45) is -2.34. The highest BCUT2D eigenvalue weighted by molar-refractivity contribution is 5.73. The predicted molar refractivity (Wildman–Crippen MR) is 103 cm³/mol. The summed E-state index contributed by atoms with van der Waals surface area (Å²) < 4.78 is 43.0. The summed E-state index contributed by atoms with van der Waals surface area (Å²) in [5.74, 6) is -1.80. The van der Waals surface area contributed by atoms with Gasteiger partial charge in [0.25, 0.3) is 0 Å². The molecule has 3 rings (SSSR count). The van der Waals surface area contributed by atoms with E-state index in [1.165, 1.54) is 24.0 Å². The van der Waals surface area contributed by atoms with Crippen molar-refractivity contribution in [3.8, 4) is 16.9 Å². The summed E-state index contributed by atoms with van der Waals surface area (Å²) >= 11 is 0. The van der Waals surface area contributed by atoms with Gasteiger partial charge in [-0.1, -0.05) is 36.4 Å². The van der Waals surface area contributed by atoms with Gasteiger partial charge in [0, 0.05) is 13.2 Å². The van der Waals surface area contributed by atoms with Crippen LogP contribution in [0.4, 0.5) is 13.2 Å². The van der Waals surface area contributed by atoms with E-state index in [0.29, 0.717) is 6.10 Å². The molecular weight excluding hydrogens is 387 g/mol. The molecule has 1 aliphatic carbocycles. The Balaban J connectivity index is 0.000000370. The Labute approximate surface area is 167 Å². The number of rotatable bonds is 6. The van der Waals surface area contributed by atoms with Gasteiger partial charge < -0.3 is 20.3 Å². The van der Waals surface area contributed by atoms with Gasteiger partial charge in [-0.2, -0.15) is 13.2 Å². The molecule has 8 heteroatoms. The average molecular weight is 411 g/mol. The number of carboxylic acids is 1. The molecule has 2 unspecified atom stereocenters. The van der Waals surface area contributed by atoms with Crippen molar-refractivity contribution in [3.05, 3.63) is 54.1 Å². The fourth-order valence-electron chi connectivity index (χ4n) is 2.62. The zero-order valence-electron chi connectivity index (χ0n) is 16.1. The second-order valence-corrected chi connectivity index (χ2v) is 6.78. The Kier molecular flexibility index (Phi) is 7.64. The molecule has 158 valence electrons. The zero-order valence-corrected chi connectivity index (χ0v) is 16.1. The van der Waals surface area contributed by atoms with Crippen LogP contribution in [0.15, 0.2) is 48.5 Å². The highest BCUT2D eigenvalue weighted by Gasteiger charge is 2.38. The lowest BCUT2D eigenvalue weighted by molar-refractivity contribution is -0.192. The first-order valence-corrected chi connectivity index (χ1v) is 9.07. The number of ether oxygens (including phenoxy) is 2. The van der Waals surface area contributed by atoms with Gasteiger partial charge in [0.05, 0.1) is 12.2 Å². The van der Waals surface area contributed by atoms with E-state index >= 15 is 0 Å². The molecular formula is C21H24F3NO4. The summed E-state index contributed by atoms with van der Waals surface area (Å²) in [5, 5.41) is 7.12. The fraction of sp³-hybridized carbons (Fsp3) is 0.381. The van der Waals surface area contributed by atoms with Gasteiger partial charge in [0.1, 0.15) is 5.75 Å². The largest absolute Gasteiger partial charge is 0.490 e. The number of carboxylic acid groups (broad SMARTS) is 1. The van der Waals surface area contributed by atoms with Crippen molar-refractivity contribution in [3.63, 3.8) is 0 Å². The van der Waals surface area contributed by atoms with Gasteiger partial charge in [-0.3, -0.25) is 0 Å². The molecule has 0 aliphatic heterocycles. The predicted octanol–water partition coefficient (Wildman–Crippen LogP) is 4.56. The molecule has 2 aromatic rings. The second-order valence-electron chi connectivity index (χ2n) is 6.78. The molecule has 0 heterocycles. The lowest BCUT2D eigenvalue weighted by atomic mass is 9.99. The molecule has 0 aromatic heterocycles. The second kappa shape index (κ2) is 9.76. The number of hydrogen-bond acceptors (Lipinski definition) is 4. The van der Waals surface area contributed by atoms with Gasteiger partial charge >= 0.3 is 12.1 Å². The van der Waals surface area contributed by atoms with E-state index in [0.717, 1.165) is 11.3 Å². The number of hydrogen-bond donors (Lipinski definition) is 2. The first kappa shape index (κ1) is 22.7. The molecule has 1 saturated carbocycles. The van der Waals surface area contributed by atoms with Gasteiger partial charge in [-0.25, -0.2) is 4.79 Å². The molecule has 0 bridgehead atoms. The minimum Gasteiger partial charge on any atom is -0.490 e. The Morgan fingerprint density at radius 2 is 1.52 bits per heavy atom. The van der Waals surface area contributed by atoms with E-state index < -0.39 is 12.1 Å². The first-order valence-electron chi connectivity index (χ1n) is 9.07. The van der Waals surface area contributed by atoms with Gasteiger partial charge in [0.2, 0.25) is 0 Å². The van der Waals surface area contributed by atoms with E-state index in [4.69, 9.17) is 25.1 Å². The van der Waals surface area contributed by atoms with Crippen LogP contribution in [0.1, 0.15) is 31.4 Å². The SMILES string of the molecule is COC(c1ccc(-c2ccc(OC3CC3)cc2)cc1)C(C)N.O=C(O)C(F)(F)F. The van der Waals surface area contributed by atoms with Gasteiger partial charge in [0.15, 0.2) is 0 Å². The summed E-state index contributed by atoms with van der Waals surface area (Å²) in [6, 6.07) is 16.7. The number of nitrogens with two attached hydrogens (primary N) is 1. The summed E-state index contributed by atoms with van der Waals surface area (Å²) in [5.41, 5.74) is 9.42. The van der Waals surface area contributed by atoms with Crippen molar-refractivity contribution in [1.29, 1.82) is 0 Å². The third-order valence-corrected chi connectivity index (χ3v) is 4.23. The minimum atomic E-state index is -5.08. The van der Waals surface area contributed by atoms with Crippen molar-refractivity contribution in [1.82, 2.24) is 0 Å². The van der Waals surface area contributed by atoms with E-state index in [1.807, 2.05) is 19.1 Å². The first-order chi connectivity index (χ1) is 13.6. The molecule has 2 aromatic carbocycles. The van der Waals surface area contributed by atoms with Gasteiger partial charge in [-0.05, 0) is 48.6 Å². The van der Waals surface area contributed by atoms with Gasteiger partial charge in [-0.15, -0.1) is 0 Å². The zero-order chi connectivity index (χ0) is 21.6. The van der Waals surface area contributed by atoms with Crippen molar-refractivity contribution in [2.45, 2.75) is 44.2 Å². The highest BCUT2D eigenvalue weighted by atomic mass is 19.4. The number of halogens is 3. The lowest BCUT2D eigenvalue weighted by Gasteiger charge is -2.19. The Bertz CT molecular complexity index is 785. The van der Waals surface area contributed by atoms with Crippen LogP contribution < -0.4 is 10.5 Å². The smallest absolute Gasteiger partial charge is 0.490 e. The summed E-state index contributed by atoms with van der Waals surface area (Å²) in [4.78, 5) is 8.90. The van der Waals surface area contributed by atoms with Crippen molar-refractivity contribution < 1.29 is 32.5 Å². The average Bonchev–Trinajstić information content (AvgIpc) is 3.47. The standard InChI is InChI=1S/C19H23NO2.C2HF3O2/c1-13(20)19(21-2)16-5-3-14(4-6-16)15-7-9-17(10-8-15)22-18-11-12-18;3-2(4,5)1(6)7/h3-10,13,18-19H,11-12,20H2,1-2H3;(H,6,7). The van der Waals surface area contributed by atoms with Crippen LogP contribution in [0, 0.1) is 0 Å². The molecule has 0 spiro atoms. The number of aliphatic carboxylic acids is 1. The van der Waals surface area contributed by atoms with Crippen molar-refractivity contribution in [2.24, 2.45) is 5.73 Å². The van der Waals surface area contributed by atoms with Crippen LogP contribution in [0.3, 0.4) is 0 Å². The normalized spacial score (nSPS) is 15.7. The number of alkyl halides is 3. The van der Waals surface area contributed by atoms with E-state index in [9.17, 15) is 13.2 Å². The Morgan fingerprint density at radius 1 is 1.07 bits per heavy atom. The monoisotopic (exact) mass is 411 g/mol. The maximum atomic E-state index is 10.6. The van der Waals surface area contributed by atoms with E-state index in [2.05, 4.69) is 36.4 Å². The van der Waals surface area contributed by atoms with Crippen molar-refractivity contribution >= 4 is 5.97 Å². The summed E-state index contributed by atoms with van der Waals surface area (Å²) in [6.45, 7) is 1.96. The van der Waals surface area contributed by atoms with Crippen LogP contribution >= 0.6 is 0 Å². The Morgan fingerprint density at radius 3 is 1.86 bits per heavy atom. The molecule has 1 fully saturated rings. The molecule has 2 atom stereocenters. The van der Waals surface area contributed by atoms with Crippen LogP contribution in [-0.4, -0.2) is 36.5 Å². The highest BCUT2D eigenvalue weighted by Crippen LogP contribution is 2.29. The third-order valence-electron chi connectivity index (χ3n) is 4.23. The molecule has 29 heavy (non-hydrogen) atoms. The summed E-state index contributed by atoms with van der Waals surface area (Å²) in [7, 11) is 1.69. The van der Waals surface area contributed by atoms with Crippen molar-refractivity contribution in [2.75, 3.05) is 7.11 Å². The number of carbonyl (C=O) groups is 1. The van der Waals surface area contributed by atoms with Crippen LogP contribution in [0.5, 0.6) is 5.75 Å². The topological polar surface area (TPSA) is 81.8 Å². The minimum absolute atomic E-state index is 0.0327. The molecule has 1 aliphatic rings. The molecule has 0 radical (unpaired) electrons. The molecule has 0 amide bonds. The third kappa shape index (κ3) is 7.07. The molecule has 3 N–H and O–H groups in total. The number of benzene rings is 2. The molecule has 5 nitrogen and oxygen atoms in total.